The highest BCUT2D eigenvalue weighted by atomic mass is 79.9. The molecular formula is C25H17BrClN3O2S. The van der Waals surface area contributed by atoms with Gasteiger partial charge in [0.25, 0.3) is 5.91 Å². The average Bonchev–Trinajstić information content (AvgIpc) is 3.12. The van der Waals surface area contributed by atoms with E-state index in [-0.39, 0.29) is 11.5 Å². The first kappa shape index (κ1) is 23.1. The lowest BCUT2D eigenvalue weighted by molar-refractivity contribution is -0.117. The van der Waals surface area contributed by atoms with Crippen molar-refractivity contribution >= 4 is 62.5 Å². The van der Waals surface area contributed by atoms with Gasteiger partial charge < -0.3 is 5.32 Å². The molecule has 0 aliphatic carbocycles. The van der Waals surface area contributed by atoms with E-state index in [4.69, 9.17) is 11.6 Å². The van der Waals surface area contributed by atoms with Crippen LogP contribution in [0.2, 0.25) is 5.02 Å². The Morgan fingerprint density at radius 1 is 1.06 bits per heavy atom. The van der Waals surface area contributed by atoms with Gasteiger partial charge >= 0.3 is 0 Å². The third-order valence-electron chi connectivity index (χ3n) is 4.99. The zero-order valence-corrected chi connectivity index (χ0v) is 20.3. The predicted molar refractivity (Wildman–Crippen MR) is 136 cm³/mol. The summed E-state index contributed by atoms with van der Waals surface area (Å²) in [6.07, 6.45) is 0.374. The molecular weight excluding hydrogens is 522 g/mol. The molecule has 1 atom stereocenters. The van der Waals surface area contributed by atoms with Gasteiger partial charge in [-0.3, -0.25) is 14.5 Å². The Bertz CT molecular complexity index is 1270. The quantitative estimate of drug-likeness (QED) is 0.312. The maximum Gasteiger partial charge on any atom is 0.269 e. The number of rotatable bonds is 5. The highest BCUT2D eigenvalue weighted by Crippen LogP contribution is 2.42. The largest absolute Gasteiger partial charge is 0.321 e. The van der Waals surface area contributed by atoms with Gasteiger partial charge in [0.2, 0.25) is 5.91 Å². The lowest BCUT2D eigenvalue weighted by atomic mass is 10.1. The minimum absolute atomic E-state index is 0.123. The van der Waals surface area contributed by atoms with Crippen molar-refractivity contribution in [3.63, 3.8) is 0 Å². The van der Waals surface area contributed by atoms with Crippen LogP contribution in [0.15, 0.2) is 93.9 Å². The van der Waals surface area contributed by atoms with Crippen LogP contribution < -0.4 is 10.2 Å². The molecule has 0 aromatic heterocycles. The molecule has 1 fully saturated rings. The number of nitrogens with zero attached hydrogens (tertiary/aromatic N) is 2. The summed E-state index contributed by atoms with van der Waals surface area (Å²) in [6.45, 7) is 0. The average molecular weight is 539 g/mol. The van der Waals surface area contributed by atoms with Crippen molar-refractivity contribution in [3.8, 4) is 6.07 Å². The maximum atomic E-state index is 13.5. The Morgan fingerprint density at radius 2 is 1.73 bits per heavy atom. The highest BCUT2D eigenvalue weighted by molar-refractivity contribution is 9.10. The molecule has 33 heavy (non-hydrogen) atoms. The van der Waals surface area contributed by atoms with Crippen LogP contribution in [0.3, 0.4) is 0 Å². The van der Waals surface area contributed by atoms with Gasteiger partial charge in [0.1, 0.15) is 16.7 Å². The van der Waals surface area contributed by atoms with Gasteiger partial charge in [-0.05, 0) is 54.4 Å². The topological polar surface area (TPSA) is 73.2 Å². The molecule has 1 unspecified atom stereocenters. The van der Waals surface area contributed by atoms with E-state index in [0.717, 1.165) is 10.0 Å². The zero-order chi connectivity index (χ0) is 23.4. The first-order valence-corrected chi connectivity index (χ1v) is 12.0. The van der Waals surface area contributed by atoms with Gasteiger partial charge in [0, 0.05) is 20.9 Å². The summed E-state index contributed by atoms with van der Waals surface area (Å²) in [6, 6.07) is 25.4. The van der Waals surface area contributed by atoms with E-state index in [9.17, 15) is 14.9 Å². The zero-order valence-electron chi connectivity index (χ0n) is 17.2. The van der Waals surface area contributed by atoms with Crippen molar-refractivity contribution in [2.75, 3.05) is 10.2 Å². The molecule has 2 amide bonds. The number of thioether (sulfide) groups is 1. The number of hydrogen-bond acceptors (Lipinski definition) is 4. The lowest BCUT2D eigenvalue weighted by Gasteiger charge is -2.19. The van der Waals surface area contributed by atoms with Crippen LogP contribution in [0, 0.1) is 11.3 Å². The van der Waals surface area contributed by atoms with Crippen LogP contribution >= 0.6 is 39.3 Å². The van der Waals surface area contributed by atoms with Gasteiger partial charge in [-0.15, -0.1) is 0 Å². The number of carbonyl (C=O) groups excluding carboxylic acids is 2. The van der Waals surface area contributed by atoms with Gasteiger partial charge in [0.05, 0.1) is 5.25 Å². The lowest BCUT2D eigenvalue weighted by Crippen LogP contribution is -2.31. The van der Waals surface area contributed by atoms with E-state index in [1.54, 1.807) is 42.5 Å². The summed E-state index contributed by atoms with van der Waals surface area (Å²) in [5.41, 5.74) is 1.84. The molecule has 164 valence electrons. The smallest absolute Gasteiger partial charge is 0.269 e. The van der Waals surface area contributed by atoms with E-state index < -0.39 is 11.2 Å². The molecule has 1 aliphatic rings. The molecule has 5 nitrogen and oxygen atoms in total. The van der Waals surface area contributed by atoms with E-state index in [1.165, 1.54) is 16.7 Å². The normalized spacial score (nSPS) is 16.9. The van der Waals surface area contributed by atoms with Crippen molar-refractivity contribution in [1.29, 1.82) is 5.26 Å². The van der Waals surface area contributed by atoms with Gasteiger partial charge in [-0.1, -0.05) is 75.7 Å². The second-order valence-electron chi connectivity index (χ2n) is 7.16. The predicted octanol–water partition coefficient (Wildman–Crippen LogP) is 6.17. The first-order valence-electron chi connectivity index (χ1n) is 9.98. The van der Waals surface area contributed by atoms with Crippen LogP contribution in [-0.4, -0.2) is 17.1 Å². The number of anilines is 2. The second kappa shape index (κ2) is 10.3. The Morgan fingerprint density at radius 3 is 2.39 bits per heavy atom. The second-order valence-corrected chi connectivity index (χ2v) is 9.68. The van der Waals surface area contributed by atoms with Crippen molar-refractivity contribution in [3.05, 3.63) is 105 Å². The van der Waals surface area contributed by atoms with Crippen LogP contribution in [-0.2, 0) is 16.0 Å². The monoisotopic (exact) mass is 537 g/mol. The maximum absolute atomic E-state index is 13.5. The van der Waals surface area contributed by atoms with E-state index in [2.05, 4.69) is 21.2 Å². The minimum atomic E-state index is -0.570. The molecule has 0 bridgehead atoms. The van der Waals surface area contributed by atoms with E-state index in [0.29, 0.717) is 27.8 Å². The first-order chi connectivity index (χ1) is 16.0. The van der Waals surface area contributed by atoms with Crippen molar-refractivity contribution < 1.29 is 9.59 Å². The number of nitrogens with one attached hydrogen (secondary N) is 1. The molecule has 1 N–H and O–H groups in total. The summed E-state index contributed by atoms with van der Waals surface area (Å²) in [5.74, 6) is -0.781. The molecule has 0 saturated carbocycles. The van der Waals surface area contributed by atoms with Crippen LogP contribution in [0.4, 0.5) is 11.4 Å². The highest BCUT2D eigenvalue weighted by Gasteiger charge is 2.41. The molecule has 1 saturated heterocycles. The summed E-state index contributed by atoms with van der Waals surface area (Å²) in [7, 11) is 0. The van der Waals surface area contributed by atoms with E-state index >= 15 is 0 Å². The summed E-state index contributed by atoms with van der Waals surface area (Å²) >= 11 is 10.9. The van der Waals surface area contributed by atoms with Crippen LogP contribution in [0.25, 0.3) is 0 Å². The van der Waals surface area contributed by atoms with Crippen molar-refractivity contribution in [2.24, 2.45) is 0 Å². The third-order valence-corrected chi connectivity index (χ3v) is 7.15. The van der Waals surface area contributed by atoms with Gasteiger partial charge in [0.15, 0.2) is 0 Å². The molecule has 1 heterocycles. The Hall–Kier alpha value is -3.05. The number of halogens is 2. The fourth-order valence-corrected chi connectivity index (χ4v) is 5.16. The standard InChI is InChI=1S/C25H17BrClN3O2S/c26-17-10-12-19(13-11-17)30-24(32)22(14-16-6-4-5-9-21(16)27)33-25(30)20(15-28)23(31)29-18-7-2-1-3-8-18/h1-13,22H,14H2,(H,29,31)/b25-20-. The van der Waals surface area contributed by atoms with Crippen LogP contribution in [0.5, 0.6) is 0 Å². The molecule has 0 spiro atoms. The van der Waals surface area contributed by atoms with Gasteiger partial charge in [-0.2, -0.15) is 5.26 Å². The number of amides is 2. The minimum Gasteiger partial charge on any atom is -0.321 e. The number of nitriles is 1. The van der Waals surface area contributed by atoms with E-state index in [1.807, 2.05) is 42.5 Å². The fourth-order valence-electron chi connectivity index (χ4n) is 3.39. The van der Waals surface area contributed by atoms with Crippen molar-refractivity contribution in [2.45, 2.75) is 11.7 Å². The third kappa shape index (κ3) is 5.14. The number of para-hydroxylation sites is 1. The molecule has 1 aliphatic heterocycles. The van der Waals surface area contributed by atoms with Gasteiger partial charge in [-0.25, -0.2) is 0 Å². The summed E-state index contributed by atoms with van der Waals surface area (Å²) in [4.78, 5) is 28.0. The summed E-state index contributed by atoms with van der Waals surface area (Å²) < 4.78 is 0.853. The molecule has 3 aromatic carbocycles. The molecule has 4 rings (SSSR count). The van der Waals surface area contributed by atoms with Crippen molar-refractivity contribution in [1.82, 2.24) is 0 Å². The molecule has 3 aromatic rings. The van der Waals surface area contributed by atoms with Crippen LogP contribution in [0.1, 0.15) is 5.56 Å². The number of benzene rings is 3. The Labute approximate surface area is 209 Å². The summed E-state index contributed by atoms with van der Waals surface area (Å²) in [5, 5.41) is 13.0. The molecule has 8 heteroatoms. The SMILES string of the molecule is N#C/C(C(=O)Nc1ccccc1)=C1/SC(Cc2ccccc2Cl)C(=O)N1c1ccc(Br)cc1. The molecule has 0 radical (unpaired) electrons. The fraction of sp³-hybridized carbons (Fsp3) is 0.0800. The Balaban J connectivity index is 1.74. The number of carbonyl (C=O) groups is 2. The Kier molecular flexibility index (Phi) is 7.19. The number of hydrogen-bond donors (Lipinski definition) is 1.